The first-order valence-corrected chi connectivity index (χ1v) is 6.11. The lowest BCUT2D eigenvalue weighted by molar-refractivity contribution is -0.153. The minimum atomic E-state index is -0.883. The smallest absolute Gasteiger partial charge is 0.331 e. The van der Waals surface area contributed by atoms with E-state index in [2.05, 4.69) is 29.4 Å². The molecule has 0 amide bonds. The van der Waals surface area contributed by atoms with Crippen molar-refractivity contribution in [1.29, 1.82) is 0 Å². The lowest BCUT2D eigenvalue weighted by Crippen LogP contribution is -2.49. The van der Waals surface area contributed by atoms with Crippen molar-refractivity contribution in [3.8, 4) is 0 Å². The van der Waals surface area contributed by atoms with Gasteiger partial charge in [0.05, 0.1) is 0 Å². The molecular formula is C11H18N4O2. The highest BCUT2D eigenvalue weighted by atomic mass is 16.4. The minimum absolute atomic E-state index is 0.464. The summed E-state index contributed by atoms with van der Waals surface area (Å²) in [7, 11) is 0. The van der Waals surface area contributed by atoms with Crippen LogP contribution < -0.4 is 0 Å². The molecule has 6 heteroatoms. The average molecular weight is 238 g/mol. The Labute approximate surface area is 100 Å². The molecule has 1 aliphatic carbocycles. The van der Waals surface area contributed by atoms with Gasteiger partial charge in [-0.15, -0.1) is 5.10 Å². The largest absolute Gasteiger partial charge is 0.479 e. The summed E-state index contributed by atoms with van der Waals surface area (Å²) in [6, 6.07) is 0. The quantitative estimate of drug-likeness (QED) is 0.834. The Morgan fingerprint density at radius 3 is 2.76 bits per heavy atom. The maximum absolute atomic E-state index is 11.4. The highest BCUT2D eigenvalue weighted by molar-refractivity contribution is 5.77. The van der Waals surface area contributed by atoms with Crippen LogP contribution in [0.15, 0.2) is 0 Å². The fourth-order valence-corrected chi connectivity index (χ4v) is 2.15. The van der Waals surface area contributed by atoms with Gasteiger partial charge in [-0.3, -0.25) is 0 Å². The molecule has 1 aromatic rings. The molecule has 0 saturated heterocycles. The molecule has 1 saturated carbocycles. The molecule has 0 aromatic carbocycles. The van der Waals surface area contributed by atoms with Gasteiger partial charge in [-0.2, -0.15) is 0 Å². The van der Waals surface area contributed by atoms with Crippen LogP contribution in [0.1, 0.15) is 45.4 Å². The average Bonchev–Trinajstić information content (AvgIpc) is 2.64. The monoisotopic (exact) mass is 238 g/mol. The SMILES string of the molecule is CCC(C)Cc1nnnn1C1(C(=O)O)CCC1. The van der Waals surface area contributed by atoms with Crippen LogP contribution in [0.4, 0.5) is 0 Å². The van der Waals surface area contributed by atoms with Crippen LogP contribution in [0, 0.1) is 5.92 Å². The lowest BCUT2D eigenvalue weighted by atomic mass is 9.76. The van der Waals surface area contributed by atoms with E-state index in [1.54, 1.807) is 0 Å². The molecule has 17 heavy (non-hydrogen) atoms. The van der Waals surface area contributed by atoms with Crippen LogP contribution in [0.3, 0.4) is 0 Å². The molecule has 1 fully saturated rings. The predicted octanol–water partition coefficient (Wildman–Crippen LogP) is 1.23. The number of hydrogen-bond donors (Lipinski definition) is 1. The lowest BCUT2D eigenvalue weighted by Gasteiger charge is -2.37. The molecule has 1 atom stereocenters. The van der Waals surface area contributed by atoms with Gasteiger partial charge in [-0.05, 0) is 35.6 Å². The van der Waals surface area contributed by atoms with Crippen LogP contribution in [0.5, 0.6) is 0 Å². The molecule has 0 bridgehead atoms. The Bertz CT molecular complexity index is 411. The number of tetrazole rings is 1. The molecule has 0 spiro atoms. The first kappa shape index (κ1) is 12.0. The van der Waals surface area contributed by atoms with Gasteiger partial charge in [0.15, 0.2) is 11.4 Å². The summed E-state index contributed by atoms with van der Waals surface area (Å²) in [6.07, 6.45) is 3.95. The van der Waals surface area contributed by atoms with E-state index in [0.717, 1.165) is 19.3 Å². The summed E-state index contributed by atoms with van der Waals surface area (Å²) in [5.41, 5.74) is -0.883. The van der Waals surface area contributed by atoms with Crippen molar-refractivity contribution in [2.45, 2.75) is 51.5 Å². The zero-order chi connectivity index (χ0) is 12.5. The van der Waals surface area contributed by atoms with E-state index in [1.807, 2.05) is 0 Å². The van der Waals surface area contributed by atoms with E-state index >= 15 is 0 Å². The number of carbonyl (C=O) groups is 1. The number of rotatable bonds is 5. The Morgan fingerprint density at radius 2 is 2.29 bits per heavy atom. The van der Waals surface area contributed by atoms with Crippen molar-refractivity contribution in [1.82, 2.24) is 20.2 Å². The summed E-state index contributed by atoms with van der Waals surface area (Å²) in [5.74, 6) is 0.341. The third-order valence-corrected chi connectivity index (χ3v) is 3.75. The van der Waals surface area contributed by atoms with Gasteiger partial charge in [-0.1, -0.05) is 20.3 Å². The minimum Gasteiger partial charge on any atom is -0.479 e. The molecule has 1 N–H and O–H groups in total. The third-order valence-electron chi connectivity index (χ3n) is 3.75. The summed E-state index contributed by atoms with van der Waals surface area (Å²) in [5, 5.41) is 20.9. The molecule has 0 aliphatic heterocycles. The first-order chi connectivity index (χ1) is 8.10. The second-order valence-electron chi connectivity index (χ2n) is 4.91. The van der Waals surface area contributed by atoms with E-state index in [-0.39, 0.29) is 0 Å². The normalized spacial score (nSPS) is 19.6. The van der Waals surface area contributed by atoms with Crippen LogP contribution in [-0.2, 0) is 16.8 Å². The Hall–Kier alpha value is -1.46. The zero-order valence-electron chi connectivity index (χ0n) is 10.3. The second kappa shape index (κ2) is 4.43. The molecule has 2 rings (SSSR count). The van der Waals surface area contributed by atoms with E-state index in [0.29, 0.717) is 24.6 Å². The van der Waals surface area contributed by atoms with Crippen LogP contribution in [0.2, 0.25) is 0 Å². The summed E-state index contributed by atoms with van der Waals surface area (Å²) < 4.78 is 1.53. The number of hydrogen-bond acceptors (Lipinski definition) is 4. The van der Waals surface area contributed by atoms with Crippen molar-refractivity contribution in [2.24, 2.45) is 5.92 Å². The van der Waals surface area contributed by atoms with Crippen molar-refractivity contribution in [3.05, 3.63) is 5.82 Å². The van der Waals surface area contributed by atoms with Gasteiger partial charge >= 0.3 is 5.97 Å². The van der Waals surface area contributed by atoms with Gasteiger partial charge in [0, 0.05) is 6.42 Å². The number of aromatic nitrogens is 4. The standard InChI is InChI=1S/C11H18N4O2/c1-3-8(2)7-9-12-13-14-15(9)11(10(16)17)5-4-6-11/h8H,3-7H2,1-2H3,(H,16,17). The van der Waals surface area contributed by atoms with Crippen LogP contribution in [-0.4, -0.2) is 31.3 Å². The molecule has 1 aromatic heterocycles. The molecular weight excluding hydrogens is 220 g/mol. The highest BCUT2D eigenvalue weighted by Crippen LogP contribution is 2.39. The van der Waals surface area contributed by atoms with E-state index in [1.165, 1.54) is 4.68 Å². The van der Waals surface area contributed by atoms with Gasteiger partial charge in [0.1, 0.15) is 0 Å². The fraction of sp³-hybridized carbons (Fsp3) is 0.818. The molecule has 94 valence electrons. The Balaban J connectivity index is 2.26. The summed E-state index contributed by atoms with van der Waals surface area (Å²) in [4.78, 5) is 11.4. The third kappa shape index (κ3) is 1.92. The highest BCUT2D eigenvalue weighted by Gasteiger charge is 2.48. The van der Waals surface area contributed by atoms with E-state index in [4.69, 9.17) is 0 Å². The number of aliphatic carboxylic acids is 1. The van der Waals surface area contributed by atoms with Gasteiger partial charge in [0.2, 0.25) is 0 Å². The van der Waals surface area contributed by atoms with Crippen molar-refractivity contribution in [2.75, 3.05) is 0 Å². The number of carboxylic acid groups (broad SMARTS) is 1. The molecule has 0 radical (unpaired) electrons. The molecule has 6 nitrogen and oxygen atoms in total. The number of nitrogens with zero attached hydrogens (tertiary/aromatic N) is 4. The maximum Gasteiger partial charge on any atom is 0.331 e. The second-order valence-corrected chi connectivity index (χ2v) is 4.91. The zero-order valence-corrected chi connectivity index (χ0v) is 10.3. The Kier molecular flexibility index (Phi) is 3.13. The summed E-state index contributed by atoms with van der Waals surface area (Å²) >= 11 is 0. The first-order valence-electron chi connectivity index (χ1n) is 6.11. The predicted molar refractivity (Wildman–Crippen MR) is 60.4 cm³/mol. The molecule has 1 unspecified atom stereocenters. The van der Waals surface area contributed by atoms with Gasteiger partial charge in [0.25, 0.3) is 0 Å². The Morgan fingerprint density at radius 1 is 1.59 bits per heavy atom. The van der Waals surface area contributed by atoms with Crippen molar-refractivity contribution < 1.29 is 9.90 Å². The van der Waals surface area contributed by atoms with Crippen molar-refractivity contribution in [3.63, 3.8) is 0 Å². The van der Waals surface area contributed by atoms with Crippen molar-refractivity contribution >= 4 is 5.97 Å². The number of carboxylic acids is 1. The van der Waals surface area contributed by atoms with Gasteiger partial charge in [-0.25, -0.2) is 9.48 Å². The fourth-order valence-electron chi connectivity index (χ4n) is 2.15. The molecule has 1 aliphatic rings. The van der Waals surface area contributed by atoms with Crippen LogP contribution >= 0.6 is 0 Å². The maximum atomic E-state index is 11.4. The molecule has 1 heterocycles. The van der Waals surface area contributed by atoms with E-state index < -0.39 is 11.5 Å². The summed E-state index contributed by atoms with van der Waals surface area (Å²) in [6.45, 7) is 4.22. The van der Waals surface area contributed by atoms with Gasteiger partial charge < -0.3 is 5.11 Å². The van der Waals surface area contributed by atoms with E-state index in [9.17, 15) is 9.90 Å². The topological polar surface area (TPSA) is 80.9 Å². The van der Waals surface area contributed by atoms with Crippen LogP contribution in [0.25, 0.3) is 0 Å².